The zero-order chi connectivity index (χ0) is 21.4. The van der Waals surface area contributed by atoms with E-state index < -0.39 is 60.9 Å². The van der Waals surface area contributed by atoms with Gasteiger partial charge in [0.15, 0.2) is 0 Å². The van der Waals surface area contributed by atoms with Crippen molar-refractivity contribution in [2.45, 2.75) is 22.2 Å². The fraction of sp³-hybridized carbons (Fsp3) is 0.364. The number of halogens is 7. The third-order valence-corrected chi connectivity index (χ3v) is 4.77. The van der Waals surface area contributed by atoms with E-state index in [1.54, 1.807) is 0 Å². The molecule has 0 aliphatic heterocycles. The summed E-state index contributed by atoms with van der Waals surface area (Å²) >= 11 is 0. The van der Waals surface area contributed by atoms with E-state index >= 15 is 0 Å². The minimum atomic E-state index is -6.99. The normalized spacial score (nSPS) is 13.3. The molecule has 0 bridgehead atoms. The first-order valence-electron chi connectivity index (χ1n) is 6.28. The van der Waals surface area contributed by atoms with Gasteiger partial charge < -0.3 is 10.4 Å². The van der Waals surface area contributed by atoms with Crippen LogP contribution in [0.2, 0.25) is 0 Å². The lowest BCUT2D eigenvalue weighted by Crippen LogP contribution is -2.55. The molecule has 0 atom stereocenters. The maximum absolute atomic E-state index is 13.5. The van der Waals surface area contributed by atoms with Gasteiger partial charge in [-0.05, 0) is 12.1 Å². The van der Waals surface area contributed by atoms with Gasteiger partial charge in [0.2, 0.25) is 0 Å². The van der Waals surface area contributed by atoms with Crippen LogP contribution in [0.5, 0.6) is 0 Å². The molecule has 0 fully saturated rings. The monoisotopic (exact) mass is 428 g/mol. The molecule has 0 aliphatic carbocycles. The highest BCUT2D eigenvalue weighted by Gasteiger charge is 2.78. The molecule has 1 rings (SSSR count). The van der Waals surface area contributed by atoms with Crippen LogP contribution in [0.25, 0.3) is 0 Å². The number of nitro benzene ring substituents is 1. The number of nitrogens with one attached hydrogen (secondary N) is 1. The average molecular weight is 428 g/mol. The summed E-state index contributed by atoms with van der Waals surface area (Å²) < 4.78 is 113. The first kappa shape index (κ1) is 22.4. The zero-order valence-corrected chi connectivity index (χ0v) is 13.2. The molecule has 0 spiro atoms. The number of rotatable bonds is 7. The number of benzene rings is 1. The highest BCUT2D eigenvalue weighted by molar-refractivity contribution is 7.92. The number of hydrogen-bond donors (Lipinski definition) is 2. The molecule has 1 aromatic rings. The standard InChI is InChI=1S/C11H7F7N2O6S/c12-9(13,10(14,15)16)11(17,18)27(25,26)5-1-2-6(19-4-8(21)22)7(3-5)20(23)24/h1-3,19H,4H2,(H,21,22). The van der Waals surface area contributed by atoms with Crippen molar-refractivity contribution in [3.05, 3.63) is 28.3 Å². The van der Waals surface area contributed by atoms with Crippen LogP contribution in [0.3, 0.4) is 0 Å². The van der Waals surface area contributed by atoms with Gasteiger partial charge in [-0.1, -0.05) is 0 Å². The second-order valence-corrected chi connectivity index (χ2v) is 6.77. The quantitative estimate of drug-likeness (QED) is 0.388. The van der Waals surface area contributed by atoms with Crippen molar-refractivity contribution in [3.63, 3.8) is 0 Å². The summed E-state index contributed by atoms with van der Waals surface area (Å²) in [5.41, 5.74) is -2.05. The number of carbonyl (C=O) groups is 1. The molecule has 0 aromatic heterocycles. The Kier molecular flexibility index (Phi) is 5.66. The molecule has 27 heavy (non-hydrogen) atoms. The Bertz CT molecular complexity index is 868. The fourth-order valence-corrected chi connectivity index (χ4v) is 2.89. The molecule has 16 heteroatoms. The number of alkyl halides is 7. The van der Waals surface area contributed by atoms with Crippen LogP contribution in [-0.2, 0) is 14.6 Å². The summed E-state index contributed by atoms with van der Waals surface area (Å²) in [5, 5.41) is 14.5. The van der Waals surface area contributed by atoms with Gasteiger partial charge in [0, 0.05) is 6.07 Å². The van der Waals surface area contributed by atoms with Crippen molar-refractivity contribution in [3.8, 4) is 0 Å². The highest BCUT2D eigenvalue weighted by Crippen LogP contribution is 2.51. The van der Waals surface area contributed by atoms with Crippen LogP contribution in [0, 0.1) is 10.1 Å². The summed E-state index contributed by atoms with van der Waals surface area (Å²) in [7, 11) is -6.74. The molecule has 0 saturated carbocycles. The van der Waals surface area contributed by atoms with Gasteiger partial charge in [0.25, 0.3) is 15.5 Å². The molecular formula is C11H7F7N2O6S. The average Bonchev–Trinajstić information content (AvgIpc) is 2.50. The first-order valence-corrected chi connectivity index (χ1v) is 7.76. The summed E-state index contributed by atoms with van der Waals surface area (Å²) in [4.78, 5) is 18.0. The van der Waals surface area contributed by atoms with Crippen molar-refractivity contribution in [1.29, 1.82) is 0 Å². The summed E-state index contributed by atoms with van der Waals surface area (Å²) in [6.07, 6.45) is -6.93. The Morgan fingerprint density at radius 2 is 1.67 bits per heavy atom. The van der Waals surface area contributed by atoms with Gasteiger partial charge in [-0.15, -0.1) is 0 Å². The van der Waals surface area contributed by atoms with Crippen LogP contribution < -0.4 is 5.32 Å². The van der Waals surface area contributed by atoms with E-state index in [0.717, 1.165) is 0 Å². The Hall–Kier alpha value is -2.65. The van der Waals surface area contributed by atoms with Crippen molar-refractivity contribution in [2.75, 3.05) is 11.9 Å². The van der Waals surface area contributed by atoms with Crippen molar-refractivity contribution < 1.29 is 54.0 Å². The number of hydrogen-bond acceptors (Lipinski definition) is 6. The molecule has 0 saturated heterocycles. The second kappa shape index (κ2) is 6.82. The summed E-state index contributed by atoms with van der Waals surface area (Å²) in [6.45, 7) is -0.935. The molecule has 1 aromatic carbocycles. The third-order valence-electron chi connectivity index (χ3n) is 2.97. The van der Waals surface area contributed by atoms with E-state index in [9.17, 15) is 54.1 Å². The molecule has 152 valence electrons. The van der Waals surface area contributed by atoms with Crippen molar-refractivity contribution in [2.24, 2.45) is 0 Å². The minimum Gasteiger partial charge on any atom is -0.480 e. The first-order chi connectivity index (χ1) is 12.0. The zero-order valence-electron chi connectivity index (χ0n) is 12.4. The molecule has 0 amide bonds. The predicted molar refractivity (Wildman–Crippen MR) is 72.4 cm³/mol. The van der Waals surface area contributed by atoms with Crippen molar-refractivity contribution in [1.82, 2.24) is 0 Å². The van der Waals surface area contributed by atoms with E-state index in [4.69, 9.17) is 5.11 Å². The van der Waals surface area contributed by atoms with Gasteiger partial charge in [-0.25, -0.2) is 8.42 Å². The molecule has 0 heterocycles. The molecule has 2 N–H and O–H groups in total. The lowest BCUT2D eigenvalue weighted by Gasteiger charge is -2.27. The topological polar surface area (TPSA) is 127 Å². The highest BCUT2D eigenvalue weighted by atomic mass is 32.2. The maximum atomic E-state index is 13.5. The molecular weight excluding hydrogens is 421 g/mol. The summed E-state index contributed by atoms with van der Waals surface area (Å²) in [6, 6.07) is 0.266. The van der Waals surface area contributed by atoms with E-state index in [-0.39, 0.29) is 12.1 Å². The fourth-order valence-electron chi connectivity index (χ4n) is 1.63. The Balaban J connectivity index is 3.54. The number of nitrogens with zero attached hydrogens (tertiary/aromatic N) is 1. The van der Waals surface area contributed by atoms with Gasteiger partial charge in [0.05, 0.1) is 9.82 Å². The smallest absolute Gasteiger partial charge is 0.461 e. The lowest BCUT2D eigenvalue weighted by molar-refractivity contribution is -0.384. The predicted octanol–water partition coefficient (Wildman–Crippen LogP) is 2.66. The Morgan fingerprint density at radius 1 is 1.15 bits per heavy atom. The van der Waals surface area contributed by atoms with Crippen LogP contribution in [0.4, 0.5) is 42.1 Å². The van der Waals surface area contributed by atoms with Crippen LogP contribution >= 0.6 is 0 Å². The molecule has 0 aliphatic rings. The lowest BCUT2D eigenvalue weighted by atomic mass is 10.2. The second-order valence-electron chi connectivity index (χ2n) is 4.78. The van der Waals surface area contributed by atoms with E-state index in [2.05, 4.69) is 0 Å². The van der Waals surface area contributed by atoms with Crippen LogP contribution in [-0.4, -0.2) is 48.3 Å². The Morgan fingerprint density at radius 3 is 2.07 bits per heavy atom. The number of sulfone groups is 1. The molecule has 8 nitrogen and oxygen atoms in total. The number of anilines is 1. The van der Waals surface area contributed by atoms with Gasteiger partial charge in [-0.3, -0.25) is 14.9 Å². The molecule has 0 unspecified atom stereocenters. The largest absolute Gasteiger partial charge is 0.480 e. The van der Waals surface area contributed by atoms with Crippen LogP contribution in [0.1, 0.15) is 0 Å². The number of carboxylic acids is 1. The van der Waals surface area contributed by atoms with Crippen molar-refractivity contribution >= 4 is 27.2 Å². The number of aliphatic carboxylic acids is 1. The third kappa shape index (κ3) is 3.88. The number of carboxylic acid groups (broad SMARTS) is 1. The Labute approximate surface area is 144 Å². The van der Waals surface area contributed by atoms with E-state index in [1.807, 2.05) is 5.32 Å². The number of nitro groups is 1. The van der Waals surface area contributed by atoms with Crippen LogP contribution in [0.15, 0.2) is 23.1 Å². The maximum Gasteiger partial charge on any atom is 0.461 e. The summed E-state index contributed by atoms with van der Waals surface area (Å²) in [5.74, 6) is -8.52. The van der Waals surface area contributed by atoms with E-state index in [1.165, 1.54) is 0 Å². The molecule has 0 radical (unpaired) electrons. The van der Waals surface area contributed by atoms with Gasteiger partial charge in [-0.2, -0.15) is 30.7 Å². The van der Waals surface area contributed by atoms with Gasteiger partial charge in [0.1, 0.15) is 12.2 Å². The van der Waals surface area contributed by atoms with E-state index in [0.29, 0.717) is 6.07 Å². The van der Waals surface area contributed by atoms with Gasteiger partial charge >= 0.3 is 23.3 Å². The minimum absolute atomic E-state index is 0.0902. The SMILES string of the molecule is O=C(O)CNc1ccc(S(=O)(=O)C(F)(F)C(F)(F)C(F)(F)F)cc1[N+](=O)[O-].